The molecule has 3 aliphatic heterocycles. The van der Waals surface area contributed by atoms with Crippen LogP contribution in [0.5, 0.6) is 0 Å². The van der Waals surface area contributed by atoms with Crippen LogP contribution in [0.2, 0.25) is 0 Å². The lowest BCUT2D eigenvalue weighted by atomic mass is 9.98. The molecular weight excluding hydrogens is 356 g/mol. The van der Waals surface area contributed by atoms with Gasteiger partial charge in [0, 0.05) is 30.9 Å². The van der Waals surface area contributed by atoms with E-state index in [1.165, 1.54) is 12.0 Å². The van der Waals surface area contributed by atoms with Crippen molar-refractivity contribution in [1.82, 2.24) is 9.88 Å². The topological polar surface area (TPSA) is 50.1 Å². The Kier molecular flexibility index (Phi) is 6.06. The van der Waals surface area contributed by atoms with Gasteiger partial charge in [-0.15, -0.1) is 0 Å². The normalized spacial score (nSPS) is 28.1. The van der Waals surface area contributed by atoms with Crippen molar-refractivity contribution in [3.05, 3.63) is 41.2 Å². The SMILES string of the molecule is CC1=NC2N=C(C(C)N3CC[C@H](Cc4cc(C)nc(C)c4)C3)C=CC2O1.S. The van der Waals surface area contributed by atoms with Crippen molar-refractivity contribution in [2.24, 2.45) is 15.9 Å². The summed E-state index contributed by atoms with van der Waals surface area (Å²) < 4.78 is 5.66. The summed E-state index contributed by atoms with van der Waals surface area (Å²) in [5.74, 6) is 1.45. The molecule has 27 heavy (non-hydrogen) atoms. The molecule has 3 aliphatic rings. The van der Waals surface area contributed by atoms with E-state index in [1.807, 2.05) is 6.92 Å². The van der Waals surface area contributed by atoms with Crippen LogP contribution in [0.1, 0.15) is 37.2 Å². The fourth-order valence-electron chi connectivity index (χ4n) is 4.37. The van der Waals surface area contributed by atoms with Crippen LogP contribution in [-0.4, -0.2) is 52.9 Å². The molecule has 1 fully saturated rings. The van der Waals surface area contributed by atoms with Gasteiger partial charge in [0.2, 0.25) is 0 Å². The number of hydrogen-bond donors (Lipinski definition) is 0. The van der Waals surface area contributed by atoms with Gasteiger partial charge in [0.05, 0.1) is 5.71 Å². The molecule has 4 heterocycles. The van der Waals surface area contributed by atoms with E-state index in [2.05, 4.69) is 59.9 Å². The highest BCUT2D eigenvalue weighted by atomic mass is 32.1. The second kappa shape index (κ2) is 8.15. The van der Waals surface area contributed by atoms with Gasteiger partial charge in [0.15, 0.2) is 18.2 Å². The number of dihydropyridines is 1. The van der Waals surface area contributed by atoms with Crippen molar-refractivity contribution in [2.75, 3.05) is 13.1 Å². The predicted octanol–water partition coefficient (Wildman–Crippen LogP) is 3.22. The van der Waals surface area contributed by atoms with Gasteiger partial charge in [0.25, 0.3) is 0 Å². The molecular formula is C21H30N4OS. The molecule has 0 aromatic carbocycles. The lowest BCUT2D eigenvalue weighted by molar-refractivity contribution is 0.238. The van der Waals surface area contributed by atoms with Crippen molar-refractivity contribution in [3.8, 4) is 0 Å². The van der Waals surface area contributed by atoms with E-state index >= 15 is 0 Å². The molecule has 0 aliphatic carbocycles. The number of fused-ring (bicyclic) bond motifs is 1. The molecule has 4 rings (SSSR count). The zero-order chi connectivity index (χ0) is 18.3. The number of likely N-dealkylation sites (tertiary alicyclic amines) is 1. The summed E-state index contributed by atoms with van der Waals surface area (Å²) in [7, 11) is 0. The predicted molar refractivity (Wildman–Crippen MR) is 115 cm³/mol. The monoisotopic (exact) mass is 386 g/mol. The number of aryl methyl sites for hydroxylation is 2. The van der Waals surface area contributed by atoms with E-state index < -0.39 is 0 Å². The summed E-state index contributed by atoms with van der Waals surface area (Å²) in [6, 6.07) is 4.79. The molecule has 146 valence electrons. The van der Waals surface area contributed by atoms with Gasteiger partial charge in [-0.2, -0.15) is 13.5 Å². The van der Waals surface area contributed by atoms with Crippen LogP contribution in [0.4, 0.5) is 0 Å². The summed E-state index contributed by atoms with van der Waals surface area (Å²) in [4.78, 5) is 16.4. The molecule has 0 N–H and O–H groups in total. The van der Waals surface area contributed by atoms with E-state index in [0.717, 1.165) is 42.5 Å². The van der Waals surface area contributed by atoms with Gasteiger partial charge in [-0.1, -0.05) is 0 Å². The molecule has 6 heteroatoms. The first-order valence-electron chi connectivity index (χ1n) is 9.63. The zero-order valence-corrected chi connectivity index (χ0v) is 17.6. The molecule has 0 saturated carbocycles. The van der Waals surface area contributed by atoms with Crippen LogP contribution in [-0.2, 0) is 11.2 Å². The average molecular weight is 387 g/mol. The Morgan fingerprint density at radius 3 is 2.67 bits per heavy atom. The van der Waals surface area contributed by atoms with Crippen molar-refractivity contribution in [1.29, 1.82) is 0 Å². The van der Waals surface area contributed by atoms with Gasteiger partial charge >= 0.3 is 0 Å². The largest absolute Gasteiger partial charge is 0.469 e. The molecule has 1 aromatic rings. The standard InChI is InChI=1S/C21H28N4O.H2S/c1-13-9-18(10-14(2)22-13)11-17-7-8-25(12-17)15(3)19-5-6-20-21(24-19)23-16(4)26-20;/h5-6,9-10,15,17,20-21H,7-8,11-12H2,1-4H3;1H2/t15?,17-,20?,21?;/m1./s1. The van der Waals surface area contributed by atoms with Crippen molar-refractivity contribution in [2.45, 2.75) is 58.8 Å². The Labute approximate surface area is 169 Å². The fourth-order valence-corrected chi connectivity index (χ4v) is 4.37. The average Bonchev–Trinajstić information content (AvgIpc) is 3.17. The van der Waals surface area contributed by atoms with Crippen LogP contribution >= 0.6 is 13.5 Å². The minimum Gasteiger partial charge on any atom is -0.469 e. The third kappa shape index (κ3) is 4.43. The summed E-state index contributed by atoms with van der Waals surface area (Å²) in [5.41, 5.74) is 4.79. The Bertz CT molecular complexity index is 768. The minimum absolute atomic E-state index is 0. The number of hydrogen-bond acceptors (Lipinski definition) is 5. The highest BCUT2D eigenvalue weighted by Gasteiger charge is 2.33. The molecule has 0 radical (unpaired) electrons. The molecule has 0 spiro atoms. The molecule has 4 atom stereocenters. The Balaban J connectivity index is 0.00000210. The van der Waals surface area contributed by atoms with Crippen LogP contribution in [0.3, 0.4) is 0 Å². The smallest absolute Gasteiger partial charge is 0.183 e. The number of pyridine rings is 1. The molecule has 3 unspecified atom stereocenters. The molecule has 1 saturated heterocycles. The van der Waals surface area contributed by atoms with Gasteiger partial charge in [-0.25, -0.2) is 4.99 Å². The second-order valence-corrected chi connectivity index (χ2v) is 7.85. The lowest BCUT2D eigenvalue weighted by Crippen LogP contribution is -2.39. The Morgan fingerprint density at radius 1 is 1.19 bits per heavy atom. The van der Waals surface area contributed by atoms with Crippen LogP contribution in [0.15, 0.2) is 34.3 Å². The van der Waals surface area contributed by atoms with E-state index in [1.54, 1.807) is 0 Å². The maximum absolute atomic E-state index is 5.66. The zero-order valence-electron chi connectivity index (χ0n) is 16.6. The summed E-state index contributed by atoms with van der Waals surface area (Å²) in [6.07, 6.45) is 6.53. The maximum Gasteiger partial charge on any atom is 0.183 e. The first-order valence-corrected chi connectivity index (χ1v) is 9.63. The van der Waals surface area contributed by atoms with Crippen molar-refractivity contribution >= 4 is 25.1 Å². The number of nitrogens with zero attached hydrogens (tertiary/aromatic N) is 4. The highest BCUT2D eigenvalue weighted by Crippen LogP contribution is 2.26. The maximum atomic E-state index is 5.66. The first-order chi connectivity index (χ1) is 12.5. The van der Waals surface area contributed by atoms with Crippen LogP contribution in [0, 0.1) is 19.8 Å². The van der Waals surface area contributed by atoms with Gasteiger partial charge in [-0.05, 0) is 75.9 Å². The molecule has 0 bridgehead atoms. The minimum atomic E-state index is -0.0846. The van der Waals surface area contributed by atoms with Crippen molar-refractivity contribution in [3.63, 3.8) is 0 Å². The molecule has 5 nitrogen and oxygen atoms in total. The van der Waals surface area contributed by atoms with Crippen molar-refractivity contribution < 1.29 is 4.74 Å². The van der Waals surface area contributed by atoms with E-state index in [4.69, 9.17) is 9.73 Å². The van der Waals surface area contributed by atoms with Gasteiger partial charge in [0.1, 0.15) is 0 Å². The van der Waals surface area contributed by atoms with E-state index in [0.29, 0.717) is 12.0 Å². The fraction of sp³-hybridized carbons (Fsp3) is 0.571. The molecule has 0 amide bonds. The summed E-state index contributed by atoms with van der Waals surface area (Å²) in [5, 5.41) is 0. The van der Waals surface area contributed by atoms with E-state index in [-0.39, 0.29) is 25.8 Å². The Morgan fingerprint density at radius 2 is 1.93 bits per heavy atom. The number of aromatic nitrogens is 1. The van der Waals surface area contributed by atoms with Gasteiger partial charge < -0.3 is 4.74 Å². The second-order valence-electron chi connectivity index (χ2n) is 7.85. The van der Waals surface area contributed by atoms with E-state index in [9.17, 15) is 0 Å². The number of ether oxygens (including phenoxy) is 1. The van der Waals surface area contributed by atoms with Gasteiger partial charge in [-0.3, -0.25) is 14.9 Å². The van der Waals surface area contributed by atoms with Crippen LogP contribution < -0.4 is 0 Å². The Hall–Kier alpha value is -1.66. The number of rotatable bonds is 4. The molecule has 1 aromatic heterocycles. The quantitative estimate of drug-likeness (QED) is 0.798. The lowest BCUT2D eigenvalue weighted by Gasteiger charge is -2.27. The van der Waals surface area contributed by atoms with Crippen LogP contribution in [0.25, 0.3) is 0 Å². The third-order valence-corrected chi connectivity index (χ3v) is 5.61. The number of aliphatic imine (C=N–C) groups is 2. The first kappa shape index (κ1) is 20.1. The summed E-state index contributed by atoms with van der Waals surface area (Å²) in [6.45, 7) is 10.6. The third-order valence-electron chi connectivity index (χ3n) is 5.61. The highest BCUT2D eigenvalue weighted by molar-refractivity contribution is 7.59. The summed E-state index contributed by atoms with van der Waals surface area (Å²) >= 11 is 0.